The predicted molar refractivity (Wildman–Crippen MR) is 63.6 cm³/mol. The second-order valence-electron chi connectivity index (χ2n) is 4.32. The largest absolute Gasteiger partial charge is 0.457 e. The third-order valence-electron chi connectivity index (χ3n) is 2.37. The monoisotopic (exact) mass is 224 g/mol. The lowest BCUT2D eigenvalue weighted by molar-refractivity contribution is 0.109. The lowest BCUT2D eigenvalue weighted by Crippen LogP contribution is -2.23. The van der Waals surface area contributed by atoms with Crippen molar-refractivity contribution in [3.8, 4) is 0 Å². The van der Waals surface area contributed by atoms with Gasteiger partial charge in [-0.25, -0.2) is 0 Å². The number of hydrogen-bond donors (Lipinski definition) is 0. The van der Waals surface area contributed by atoms with E-state index >= 15 is 0 Å². The third kappa shape index (κ3) is 4.59. The van der Waals surface area contributed by atoms with Crippen molar-refractivity contribution in [2.45, 2.75) is 13.0 Å². The third-order valence-corrected chi connectivity index (χ3v) is 2.37. The first-order chi connectivity index (χ1) is 7.61. The van der Waals surface area contributed by atoms with Crippen molar-refractivity contribution in [1.82, 2.24) is 9.80 Å². The second kappa shape index (κ2) is 6.45. The number of carbonyl (C=O) groups is 1. The maximum Gasteiger partial charge on any atom is 0.185 e. The van der Waals surface area contributed by atoms with E-state index in [0.717, 1.165) is 38.1 Å². The molecule has 0 saturated heterocycles. The molecule has 0 spiro atoms. The van der Waals surface area contributed by atoms with Crippen LogP contribution in [0.3, 0.4) is 0 Å². The molecule has 16 heavy (non-hydrogen) atoms. The van der Waals surface area contributed by atoms with Gasteiger partial charge in [-0.2, -0.15) is 0 Å². The van der Waals surface area contributed by atoms with E-state index in [1.165, 1.54) is 0 Å². The van der Waals surface area contributed by atoms with E-state index in [1.807, 2.05) is 6.07 Å². The molecule has 0 aliphatic carbocycles. The lowest BCUT2D eigenvalue weighted by Gasteiger charge is -2.16. The van der Waals surface area contributed by atoms with Crippen LogP contribution in [0.15, 0.2) is 16.5 Å². The molecule has 0 aliphatic rings. The molecule has 0 aliphatic heterocycles. The average molecular weight is 224 g/mol. The first-order valence-corrected chi connectivity index (χ1v) is 5.49. The first kappa shape index (κ1) is 12.9. The highest BCUT2D eigenvalue weighted by molar-refractivity contribution is 5.70. The van der Waals surface area contributed by atoms with Gasteiger partial charge < -0.3 is 9.32 Å². The highest BCUT2D eigenvalue weighted by atomic mass is 16.3. The molecule has 4 nitrogen and oxygen atoms in total. The van der Waals surface area contributed by atoms with Gasteiger partial charge in [0.25, 0.3) is 0 Å². The zero-order chi connectivity index (χ0) is 12.0. The van der Waals surface area contributed by atoms with Crippen LogP contribution >= 0.6 is 0 Å². The highest BCUT2D eigenvalue weighted by Gasteiger charge is 2.04. The Morgan fingerprint density at radius 2 is 2.00 bits per heavy atom. The minimum absolute atomic E-state index is 0.400. The van der Waals surface area contributed by atoms with Crippen molar-refractivity contribution in [3.63, 3.8) is 0 Å². The Bertz CT molecular complexity index is 321. The number of aldehydes is 1. The normalized spacial score (nSPS) is 11.3. The van der Waals surface area contributed by atoms with Crippen molar-refractivity contribution >= 4 is 6.29 Å². The van der Waals surface area contributed by atoms with Crippen LogP contribution in [-0.2, 0) is 6.54 Å². The molecule has 0 N–H and O–H groups in total. The summed E-state index contributed by atoms with van der Waals surface area (Å²) in [5.41, 5.74) is 0. The molecule has 1 aromatic heterocycles. The predicted octanol–water partition coefficient (Wildman–Crippen LogP) is 1.48. The fourth-order valence-corrected chi connectivity index (χ4v) is 1.54. The van der Waals surface area contributed by atoms with E-state index < -0.39 is 0 Å². The maximum atomic E-state index is 10.4. The topological polar surface area (TPSA) is 36.7 Å². The van der Waals surface area contributed by atoms with Crippen molar-refractivity contribution in [3.05, 3.63) is 23.7 Å². The van der Waals surface area contributed by atoms with Gasteiger partial charge in [-0.05, 0) is 52.8 Å². The van der Waals surface area contributed by atoms with E-state index in [-0.39, 0.29) is 0 Å². The molecule has 1 aromatic rings. The first-order valence-electron chi connectivity index (χ1n) is 5.49. The van der Waals surface area contributed by atoms with Gasteiger partial charge in [0.2, 0.25) is 0 Å². The summed E-state index contributed by atoms with van der Waals surface area (Å²) >= 11 is 0. The number of nitrogens with zero attached hydrogens (tertiary/aromatic N) is 2. The summed E-state index contributed by atoms with van der Waals surface area (Å²) in [5.74, 6) is 1.24. The van der Waals surface area contributed by atoms with Crippen molar-refractivity contribution < 1.29 is 9.21 Å². The van der Waals surface area contributed by atoms with Gasteiger partial charge >= 0.3 is 0 Å². The molecule has 1 rings (SSSR count). The van der Waals surface area contributed by atoms with Crippen LogP contribution in [0.2, 0.25) is 0 Å². The van der Waals surface area contributed by atoms with Crippen LogP contribution in [0.25, 0.3) is 0 Å². The number of furan rings is 1. The van der Waals surface area contributed by atoms with Gasteiger partial charge in [-0.15, -0.1) is 0 Å². The Kier molecular flexibility index (Phi) is 5.22. The summed E-state index contributed by atoms with van der Waals surface area (Å²) in [7, 11) is 6.20. The molecule has 0 atom stereocenters. The molecular weight excluding hydrogens is 204 g/mol. The van der Waals surface area contributed by atoms with E-state index in [1.54, 1.807) is 6.07 Å². The summed E-state index contributed by atoms with van der Waals surface area (Å²) < 4.78 is 5.31. The molecule has 0 unspecified atom stereocenters. The van der Waals surface area contributed by atoms with Gasteiger partial charge in [0, 0.05) is 0 Å². The Balaban J connectivity index is 2.28. The average Bonchev–Trinajstić information content (AvgIpc) is 2.65. The van der Waals surface area contributed by atoms with Gasteiger partial charge in [0.05, 0.1) is 6.54 Å². The van der Waals surface area contributed by atoms with E-state index in [2.05, 4.69) is 30.9 Å². The molecule has 0 aromatic carbocycles. The second-order valence-corrected chi connectivity index (χ2v) is 4.32. The quantitative estimate of drug-likeness (QED) is 0.657. The Hall–Kier alpha value is -1.13. The summed E-state index contributed by atoms with van der Waals surface area (Å²) in [6.07, 6.45) is 1.86. The van der Waals surface area contributed by atoms with Crippen molar-refractivity contribution in [2.24, 2.45) is 0 Å². The van der Waals surface area contributed by atoms with Crippen molar-refractivity contribution in [2.75, 3.05) is 34.2 Å². The number of carbonyl (C=O) groups excluding carboxylic acids is 1. The maximum absolute atomic E-state index is 10.4. The standard InChI is InChI=1S/C12H20N2O2/c1-13(2)7-4-8-14(3)9-11-5-6-12(10-15)16-11/h5-6,10H,4,7-9H2,1-3H3. The number of hydrogen-bond acceptors (Lipinski definition) is 4. The molecule has 0 saturated carbocycles. The van der Waals surface area contributed by atoms with Crippen LogP contribution < -0.4 is 0 Å². The van der Waals surface area contributed by atoms with E-state index in [4.69, 9.17) is 4.42 Å². The minimum atomic E-state index is 0.400. The molecule has 0 fully saturated rings. The Labute approximate surface area is 96.8 Å². The van der Waals surface area contributed by atoms with Crippen LogP contribution in [-0.4, -0.2) is 50.3 Å². The SMILES string of the molecule is CN(C)CCCN(C)Cc1ccc(C=O)o1. The zero-order valence-corrected chi connectivity index (χ0v) is 10.3. The molecule has 90 valence electrons. The van der Waals surface area contributed by atoms with Crippen molar-refractivity contribution in [1.29, 1.82) is 0 Å². The number of rotatable bonds is 7. The lowest BCUT2D eigenvalue weighted by atomic mass is 10.3. The zero-order valence-electron chi connectivity index (χ0n) is 10.3. The summed E-state index contributed by atoms with van der Waals surface area (Å²) in [4.78, 5) is 14.8. The molecular formula is C12H20N2O2. The molecule has 0 radical (unpaired) electrons. The summed E-state index contributed by atoms with van der Waals surface area (Å²) in [6, 6.07) is 3.56. The molecule has 1 heterocycles. The van der Waals surface area contributed by atoms with Crippen LogP contribution in [0, 0.1) is 0 Å². The highest BCUT2D eigenvalue weighted by Crippen LogP contribution is 2.08. The van der Waals surface area contributed by atoms with Gasteiger partial charge in [0.1, 0.15) is 5.76 Å². The Morgan fingerprint density at radius 1 is 1.25 bits per heavy atom. The van der Waals surface area contributed by atoms with Gasteiger partial charge in [-0.1, -0.05) is 0 Å². The fourth-order valence-electron chi connectivity index (χ4n) is 1.54. The van der Waals surface area contributed by atoms with E-state index in [0.29, 0.717) is 5.76 Å². The smallest absolute Gasteiger partial charge is 0.185 e. The molecule has 0 bridgehead atoms. The Morgan fingerprint density at radius 3 is 2.56 bits per heavy atom. The summed E-state index contributed by atoms with van der Waals surface area (Å²) in [6.45, 7) is 2.86. The van der Waals surface area contributed by atoms with Crippen LogP contribution in [0.4, 0.5) is 0 Å². The van der Waals surface area contributed by atoms with Gasteiger partial charge in [-0.3, -0.25) is 9.69 Å². The van der Waals surface area contributed by atoms with Crippen LogP contribution in [0.5, 0.6) is 0 Å². The molecule has 4 heteroatoms. The minimum Gasteiger partial charge on any atom is -0.457 e. The van der Waals surface area contributed by atoms with E-state index in [9.17, 15) is 4.79 Å². The molecule has 0 amide bonds. The van der Waals surface area contributed by atoms with Gasteiger partial charge in [0.15, 0.2) is 12.0 Å². The van der Waals surface area contributed by atoms with Crippen LogP contribution in [0.1, 0.15) is 22.7 Å². The summed E-state index contributed by atoms with van der Waals surface area (Å²) in [5, 5.41) is 0. The fraction of sp³-hybridized carbons (Fsp3) is 0.583.